The monoisotopic (exact) mass is 641 g/mol. The number of cyclic esters (lactones) is 1. The number of nitrogens with zero attached hydrogens (tertiary/aromatic N) is 2. The van der Waals surface area contributed by atoms with Crippen molar-refractivity contribution >= 4 is 23.7 Å². The zero-order valence-corrected chi connectivity index (χ0v) is 27.1. The zero-order valence-electron chi connectivity index (χ0n) is 27.1. The molecular weight excluding hydrogens is 598 g/mol. The molecule has 4 aliphatic rings. The molecule has 3 amide bonds. The second-order valence-corrected chi connectivity index (χ2v) is 13.7. The third kappa shape index (κ3) is 6.12. The summed E-state index contributed by atoms with van der Waals surface area (Å²) in [5.41, 5.74) is -0.477. The van der Waals surface area contributed by atoms with Gasteiger partial charge in [0.1, 0.15) is 23.7 Å². The number of fused-ring (bicyclic) bond motifs is 2. The van der Waals surface area contributed by atoms with Gasteiger partial charge in [-0.1, -0.05) is 85.0 Å². The van der Waals surface area contributed by atoms with Crippen LogP contribution in [0.2, 0.25) is 0 Å². The van der Waals surface area contributed by atoms with Crippen molar-refractivity contribution in [1.82, 2.24) is 15.1 Å². The first kappa shape index (κ1) is 32.7. The smallest absolute Gasteiger partial charge is 0.313 e. The van der Waals surface area contributed by atoms with Crippen molar-refractivity contribution in [3.8, 4) is 0 Å². The van der Waals surface area contributed by atoms with Crippen molar-refractivity contribution in [1.29, 1.82) is 0 Å². The highest BCUT2D eigenvalue weighted by molar-refractivity contribution is 5.99. The van der Waals surface area contributed by atoms with Gasteiger partial charge in [0, 0.05) is 18.5 Å². The van der Waals surface area contributed by atoms with Gasteiger partial charge in [0.25, 0.3) is 0 Å². The molecule has 1 spiro atoms. The maximum Gasteiger partial charge on any atom is 0.313 e. The SMILES string of the molecule is CC(C)(C)N1CC=C[C@]23O[C@@H]4/C=C\CCC(=O)NC[C@@H](c5ccccc5)OC(=O)[C@@H]4[C@H]2C(=O)N([C@@H](CO)Cc2ccccc2)[C@@H]3C1=O. The summed E-state index contributed by atoms with van der Waals surface area (Å²) < 4.78 is 13.0. The van der Waals surface area contributed by atoms with Crippen molar-refractivity contribution < 1.29 is 33.8 Å². The Bertz CT molecular complexity index is 1550. The summed E-state index contributed by atoms with van der Waals surface area (Å²) in [5, 5.41) is 13.6. The van der Waals surface area contributed by atoms with Gasteiger partial charge in [-0.15, -0.1) is 0 Å². The minimum atomic E-state index is -1.49. The summed E-state index contributed by atoms with van der Waals surface area (Å²) in [5.74, 6) is -3.74. The minimum Gasteiger partial charge on any atom is -0.455 e. The third-order valence-electron chi connectivity index (χ3n) is 9.71. The van der Waals surface area contributed by atoms with Gasteiger partial charge in [0.05, 0.1) is 31.2 Å². The van der Waals surface area contributed by atoms with E-state index in [9.17, 15) is 24.3 Å². The molecule has 0 saturated carbocycles. The van der Waals surface area contributed by atoms with Gasteiger partial charge in [0.2, 0.25) is 17.7 Å². The molecule has 2 aromatic rings. The first-order valence-corrected chi connectivity index (χ1v) is 16.4. The lowest BCUT2D eigenvalue weighted by Crippen LogP contribution is -2.61. The molecule has 10 nitrogen and oxygen atoms in total. The fourth-order valence-electron chi connectivity index (χ4n) is 7.48. The molecule has 10 heteroatoms. The Labute approximate surface area is 275 Å². The normalized spacial score (nSPS) is 31.0. The van der Waals surface area contributed by atoms with Crippen LogP contribution in [0.5, 0.6) is 0 Å². The van der Waals surface area contributed by atoms with E-state index in [4.69, 9.17) is 9.47 Å². The molecule has 7 atom stereocenters. The Morgan fingerprint density at radius 2 is 1.68 bits per heavy atom. The van der Waals surface area contributed by atoms with Gasteiger partial charge in [-0.25, -0.2) is 0 Å². The van der Waals surface area contributed by atoms with Crippen molar-refractivity contribution in [3.63, 3.8) is 0 Å². The van der Waals surface area contributed by atoms with E-state index < -0.39 is 59.1 Å². The number of amides is 3. The van der Waals surface area contributed by atoms with Crippen molar-refractivity contribution in [3.05, 3.63) is 96.1 Å². The van der Waals surface area contributed by atoms with Crippen LogP contribution in [0.3, 0.4) is 0 Å². The van der Waals surface area contributed by atoms with Crippen LogP contribution in [0.15, 0.2) is 85.0 Å². The molecule has 4 aliphatic heterocycles. The maximum absolute atomic E-state index is 14.9. The van der Waals surface area contributed by atoms with E-state index in [-0.39, 0.29) is 31.4 Å². The van der Waals surface area contributed by atoms with Gasteiger partial charge in [-0.3, -0.25) is 19.2 Å². The zero-order chi connectivity index (χ0) is 33.3. The number of likely N-dealkylation sites (tertiary alicyclic amines) is 1. The number of aliphatic hydroxyl groups is 1. The summed E-state index contributed by atoms with van der Waals surface area (Å²) in [6, 6.07) is 16.8. The average molecular weight is 642 g/mol. The quantitative estimate of drug-likeness (QED) is 0.380. The molecule has 2 saturated heterocycles. The van der Waals surface area contributed by atoms with Crippen LogP contribution in [0.1, 0.15) is 50.8 Å². The number of hydrogen-bond acceptors (Lipinski definition) is 7. The van der Waals surface area contributed by atoms with E-state index in [2.05, 4.69) is 5.32 Å². The predicted molar refractivity (Wildman–Crippen MR) is 174 cm³/mol. The molecule has 47 heavy (non-hydrogen) atoms. The van der Waals surface area contributed by atoms with E-state index in [1.807, 2.05) is 87.5 Å². The first-order chi connectivity index (χ1) is 22.5. The summed E-state index contributed by atoms with van der Waals surface area (Å²) in [6.45, 7) is 5.78. The number of carbonyl (C=O) groups excluding carboxylic acids is 4. The Balaban J connectivity index is 1.46. The highest BCUT2D eigenvalue weighted by Crippen LogP contribution is 2.54. The Hall–Kier alpha value is -4.28. The molecule has 0 bridgehead atoms. The fraction of sp³-hybridized carbons (Fsp3) is 0.459. The Morgan fingerprint density at radius 1 is 0.979 bits per heavy atom. The summed E-state index contributed by atoms with van der Waals surface area (Å²) in [4.78, 5) is 59.7. The van der Waals surface area contributed by atoms with E-state index in [1.165, 1.54) is 4.90 Å². The first-order valence-electron chi connectivity index (χ1n) is 16.4. The highest BCUT2D eigenvalue weighted by Gasteiger charge is 2.72. The average Bonchev–Trinajstić information content (AvgIpc) is 3.44. The van der Waals surface area contributed by atoms with Gasteiger partial charge < -0.3 is 29.7 Å². The van der Waals surface area contributed by atoms with E-state index >= 15 is 0 Å². The molecule has 2 fully saturated rings. The fourth-order valence-corrected chi connectivity index (χ4v) is 7.48. The summed E-state index contributed by atoms with van der Waals surface area (Å²) in [6.07, 6.45) is 6.38. The maximum atomic E-state index is 14.9. The van der Waals surface area contributed by atoms with Gasteiger partial charge in [-0.05, 0) is 44.7 Å². The summed E-state index contributed by atoms with van der Waals surface area (Å²) in [7, 11) is 0. The molecule has 6 rings (SSSR count). The molecule has 2 aromatic carbocycles. The predicted octanol–water partition coefficient (Wildman–Crippen LogP) is 3.12. The Kier molecular flexibility index (Phi) is 9.09. The lowest BCUT2D eigenvalue weighted by Gasteiger charge is -2.42. The van der Waals surface area contributed by atoms with Crippen molar-refractivity contribution in [2.24, 2.45) is 11.8 Å². The van der Waals surface area contributed by atoms with Gasteiger partial charge in [-0.2, -0.15) is 0 Å². The van der Waals surface area contributed by atoms with Crippen LogP contribution in [0.4, 0.5) is 0 Å². The lowest BCUT2D eigenvalue weighted by molar-refractivity contribution is -0.161. The number of nitrogens with one attached hydrogen (secondary N) is 1. The molecule has 2 N–H and O–H groups in total. The molecule has 0 aliphatic carbocycles. The van der Waals surface area contributed by atoms with Crippen LogP contribution in [-0.2, 0) is 35.1 Å². The van der Waals surface area contributed by atoms with Crippen LogP contribution in [-0.4, -0.2) is 87.6 Å². The van der Waals surface area contributed by atoms with Crippen LogP contribution < -0.4 is 5.32 Å². The van der Waals surface area contributed by atoms with E-state index in [0.717, 1.165) is 5.56 Å². The molecule has 4 heterocycles. The standard InChI is InChI=1S/C37H43N3O7/c1-36(2,3)39-20-12-19-37-31(33(43)40(32(37)34(39)44)26(23-41)21-24-13-6-4-7-14-24)30-27(47-37)17-10-11-18-29(42)38-22-28(46-35(30)45)25-15-8-5-9-16-25/h4-10,12-17,19,26-28,30-32,41H,11,18,20-23H2,1-3H3,(H,38,42)/b17-10-/t26-,27-,28+,30+,31+,32-,37+/m1/s1. The van der Waals surface area contributed by atoms with Gasteiger partial charge >= 0.3 is 5.97 Å². The number of carbonyl (C=O) groups is 4. The number of hydrogen-bond donors (Lipinski definition) is 2. The second kappa shape index (κ2) is 13.1. The number of aliphatic hydroxyl groups excluding tert-OH is 1. The Morgan fingerprint density at radius 3 is 2.36 bits per heavy atom. The summed E-state index contributed by atoms with van der Waals surface area (Å²) >= 11 is 0. The lowest BCUT2D eigenvalue weighted by atomic mass is 9.77. The number of benzene rings is 2. The number of rotatable bonds is 5. The van der Waals surface area contributed by atoms with Crippen LogP contribution in [0.25, 0.3) is 0 Å². The van der Waals surface area contributed by atoms with Crippen molar-refractivity contribution in [2.45, 2.75) is 75.5 Å². The van der Waals surface area contributed by atoms with E-state index in [1.54, 1.807) is 23.1 Å². The number of ether oxygens (including phenoxy) is 2. The minimum absolute atomic E-state index is 0.0671. The topological polar surface area (TPSA) is 125 Å². The number of esters is 1. The molecule has 248 valence electrons. The van der Waals surface area contributed by atoms with Crippen LogP contribution in [0, 0.1) is 11.8 Å². The van der Waals surface area contributed by atoms with E-state index in [0.29, 0.717) is 24.9 Å². The number of allylic oxidation sites excluding steroid dienone is 1. The molecule has 0 radical (unpaired) electrons. The highest BCUT2D eigenvalue weighted by atomic mass is 16.6. The molecular formula is C37H43N3O7. The second-order valence-electron chi connectivity index (χ2n) is 13.7. The molecule has 0 unspecified atom stereocenters. The van der Waals surface area contributed by atoms with Crippen molar-refractivity contribution in [2.75, 3.05) is 19.7 Å². The van der Waals surface area contributed by atoms with Gasteiger partial charge in [0.15, 0.2) is 0 Å². The largest absolute Gasteiger partial charge is 0.455 e. The third-order valence-corrected chi connectivity index (χ3v) is 9.71. The van der Waals surface area contributed by atoms with Crippen LogP contribution >= 0.6 is 0 Å². The molecule has 0 aromatic heterocycles.